The molecule has 0 saturated carbocycles. The number of benzene rings is 10. The van der Waals surface area contributed by atoms with Crippen LogP contribution in [0, 0.1) is 0 Å². The van der Waals surface area contributed by atoms with E-state index in [0.717, 1.165) is 44.3 Å². The van der Waals surface area contributed by atoms with Crippen molar-refractivity contribution in [3.63, 3.8) is 0 Å². The van der Waals surface area contributed by atoms with Crippen LogP contribution in [0.25, 0.3) is 76.6 Å². The maximum Gasteiger partial charge on any atom is 0.233 e. The number of rotatable bonds is 5. The van der Waals surface area contributed by atoms with Crippen LogP contribution in [0.2, 0.25) is 0 Å². The number of hydrogen-bond donors (Lipinski definition) is 2. The Hall–Kier alpha value is -8.48. The van der Waals surface area contributed by atoms with Crippen molar-refractivity contribution in [2.24, 2.45) is 0 Å². The van der Waals surface area contributed by atoms with E-state index in [9.17, 15) is 9.59 Å². The Bertz CT molecular complexity index is 3170. The molecule has 0 unspecified atom stereocenters. The first-order valence-corrected chi connectivity index (χ1v) is 20.3. The molecule has 0 atom stereocenters. The Morgan fingerprint density at radius 1 is 0.306 bits per heavy atom. The zero-order chi connectivity index (χ0) is 42.4. The summed E-state index contributed by atoms with van der Waals surface area (Å²) in [4.78, 5) is 33.8. The van der Waals surface area contributed by atoms with Gasteiger partial charge in [0.05, 0.1) is 33.8 Å². The molecule has 0 bridgehead atoms. The number of Topliss-reactive ketones (excluding diaryl/α,β-unsaturated/α-hetero) is 2. The van der Waals surface area contributed by atoms with Crippen LogP contribution in [-0.4, -0.2) is 21.5 Å². The van der Waals surface area contributed by atoms with E-state index >= 15 is 0 Å². The summed E-state index contributed by atoms with van der Waals surface area (Å²) in [6.45, 7) is 0. The van der Waals surface area contributed by atoms with Crippen molar-refractivity contribution in [2.45, 2.75) is 0 Å². The summed E-state index contributed by atoms with van der Waals surface area (Å²) >= 11 is 0. The van der Waals surface area contributed by atoms with Crippen LogP contribution in [0.3, 0.4) is 0 Å². The summed E-state index contributed by atoms with van der Waals surface area (Å²) in [6.07, 6.45) is 0. The van der Waals surface area contributed by atoms with Gasteiger partial charge in [0.15, 0.2) is 0 Å². The smallest absolute Gasteiger partial charge is 0.233 e. The fraction of sp³-hybridized carbons (Fsp3) is 0. The van der Waals surface area contributed by atoms with Crippen molar-refractivity contribution in [1.29, 1.82) is 0 Å². The van der Waals surface area contributed by atoms with Gasteiger partial charge in [0.25, 0.3) is 0 Å². The number of carbonyl (C=O) groups is 2. The second-order valence-electron chi connectivity index (χ2n) is 15.0. The Labute approximate surface area is 358 Å². The highest BCUT2D eigenvalue weighted by molar-refractivity contribution is 6.49. The Morgan fingerprint density at radius 3 is 0.903 bits per heavy atom. The molecule has 11 rings (SSSR count). The third kappa shape index (κ3) is 8.35. The molecule has 0 spiro atoms. The number of fused-ring (bicyclic) bond motifs is 5. The zero-order valence-electron chi connectivity index (χ0n) is 33.7. The third-order valence-electron chi connectivity index (χ3n) is 10.8. The lowest BCUT2D eigenvalue weighted by Gasteiger charge is -2.12. The molecule has 62 heavy (non-hydrogen) atoms. The number of aromatic nitrogens is 2. The second-order valence-corrected chi connectivity index (χ2v) is 15.0. The van der Waals surface area contributed by atoms with Gasteiger partial charge in [0, 0.05) is 22.3 Å². The van der Waals surface area contributed by atoms with E-state index < -0.39 is 11.6 Å². The maximum absolute atomic E-state index is 11.8. The molecule has 11 aromatic rings. The molecule has 0 aliphatic carbocycles. The van der Waals surface area contributed by atoms with Crippen molar-refractivity contribution in [3.05, 3.63) is 230 Å². The topological polar surface area (TPSA) is 112 Å². The van der Waals surface area contributed by atoms with Crippen LogP contribution >= 0.6 is 0 Å². The molecule has 0 aliphatic heterocycles. The highest BCUT2D eigenvalue weighted by Gasteiger charge is 2.17. The van der Waals surface area contributed by atoms with Crippen molar-refractivity contribution in [3.8, 4) is 22.5 Å². The monoisotopic (exact) mass is 800 g/mol. The molecule has 0 fully saturated rings. The van der Waals surface area contributed by atoms with Gasteiger partial charge in [-0.25, -0.2) is 9.97 Å². The summed E-state index contributed by atoms with van der Waals surface area (Å²) < 4.78 is 0. The minimum atomic E-state index is -0.466. The summed E-state index contributed by atoms with van der Waals surface area (Å²) in [5.74, 6) is -0.932. The molecular formula is C56H40N4O2. The van der Waals surface area contributed by atoms with Gasteiger partial charge in [-0.3, -0.25) is 9.59 Å². The largest absolute Gasteiger partial charge is 0.397 e. The molecule has 4 N–H and O–H groups in total. The average Bonchev–Trinajstić information content (AvgIpc) is 3.33. The predicted octanol–water partition coefficient (Wildman–Crippen LogP) is 13.2. The standard InChI is InChI=1S/C28H18N2.C14H12N2.C14H10O2/c1-3-9-19(10-4-1)27-28(20-11-5-2-6-12-20)30-26-18-24-16-22-14-8-7-13-21(22)15-23(24)17-25(26)29-27;15-13-7-11-5-9-3-1-2-4-10(9)6-12(11)8-14(13)16;15-13(11-7-3-1-4-8-11)14(16)12-9-5-2-6-10-12/h1-18H;1-8H,15-16H2;1-10H. The molecular weight excluding hydrogens is 761 g/mol. The summed E-state index contributed by atoms with van der Waals surface area (Å²) in [6, 6.07) is 71.4. The minimum absolute atomic E-state index is 0.427. The number of nitrogen functional groups attached to an aromatic ring is 2. The first-order valence-electron chi connectivity index (χ1n) is 20.3. The van der Waals surface area contributed by atoms with Crippen LogP contribution in [0.15, 0.2) is 218 Å². The van der Waals surface area contributed by atoms with Crippen LogP contribution < -0.4 is 11.5 Å². The lowest BCUT2D eigenvalue weighted by Crippen LogP contribution is -2.14. The summed E-state index contributed by atoms with van der Waals surface area (Å²) in [5.41, 5.74) is 19.5. The number of ketones is 2. The first-order chi connectivity index (χ1) is 30.4. The van der Waals surface area contributed by atoms with Gasteiger partial charge in [-0.05, 0) is 91.6 Å². The molecule has 6 heteroatoms. The van der Waals surface area contributed by atoms with Crippen molar-refractivity contribution in [2.75, 3.05) is 11.5 Å². The normalized spacial score (nSPS) is 10.8. The van der Waals surface area contributed by atoms with E-state index in [0.29, 0.717) is 22.5 Å². The Balaban J connectivity index is 0.000000130. The highest BCUT2D eigenvalue weighted by atomic mass is 16.2. The number of hydrogen-bond acceptors (Lipinski definition) is 6. The molecule has 1 aromatic heterocycles. The van der Waals surface area contributed by atoms with Gasteiger partial charge < -0.3 is 11.5 Å². The van der Waals surface area contributed by atoms with Gasteiger partial charge in [0.1, 0.15) is 0 Å². The Kier molecular flexibility index (Phi) is 10.9. The molecule has 1 heterocycles. The van der Waals surface area contributed by atoms with E-state index in [1.54, 1.807) is 48.5 Å². The van der Waals surface area contributed by atoms with Crippen LogP contribution in [-0.2, 0) is 0 Å². The predicted molar refractivity (Wildman–Crippen MR) is 257 cm³/mol. The SMILES string of the molecule is Nc1cc2cc3ccccc3cc2cc1N.O=C(C(=O)c1ccccc1)c1ccccc1.c1ccc(-c2nc3cc4cc5ccccc5cc4cc3nc2-c2ccccc2)cc1. The first kappa shape index (κ1) is 39.0. The number of anilines is 2. The van der Waals surface area contributed by atoms with E-state index in [2.05, 4.69) is 97.1 Å². The summed E-state index contributed by atoms with van der Waals surface area (Å²) in [5, 5.41) is 9.54. The van der Waals surface area contributed by atoms with Crippen LogP contribution in [0.4, 0.5) is 11.4 Å². The number of nitrogens with zero attached hydrogens (tertiary/aromatic N) is 2. The quantitative estimate of drug-likeness (QED) is 0.0776. The molecule has 0 saturated heterocycles. The van der Waals surface area contributed by atoms with E-state index in [1.807, 2.05) is 72.8 Å². The third-order valence-corrected chi connectivity index (χ3v) is 10.8. The van der Waals surface area contributed by atoms with Gasteiger partial charge in [-0.2, -0.15) is 0 Å². The second kappa shape index (κ2) is 17.4. The van der Waals surface area contributed by atoms with Crippen molar-refractivity contribution < 1.29 is 9.59 Å². The van der Waals surface area contributed by atoms with Crippen LogP contribution in [0.5, 0.6) is 0 Å². The minimum Gasteiger partial charge on any atom is -0.397 e. The molecule has 0 amide bonds. The molecule has 0 aliphatic rings. The lowest BCUT2D eigenvalue weighted by molar-refractivity contribution is 0.0817. The lowest BCUT2D eigenvalue weighted by atomic mass is 10.0. The van der Waals surface area contributed by atoms with Crippen LogP contribution in [0.1, 0.15) is 20.7 Å². The molecule has 296 valence electrons. The fourth-order valence-electron chi connectivity index (χ4n) is 7.56. The molecule has 10 aromatic carbocycles. The maximum atomic E-state index is 11.8. The number of nitrogens with two attached hydrogens (primary N) is 2. The van der Waals surface area contributed by atoms with E-state index in [1.165, 1.54) is 32.3 Å². The van der Waals surface area contributed by atoms with Gasteiger partial charge in [0.2, 0.25) is 11.6 Å². The van der Waals surface area contributed by atoms with Gasteiger partial charge in [-0.15, -0.1) is 0 Å². The number of carbonyl (C=O) groups excluding carboxylic acids is 2. The Morgan fingerprint density at radius 2 is 0.581 bits per heavy atom. The molecule has 0 radical (unpaired) electrons. The summed E-state index contributed by atoms with van der Waals surface area (Å²) in [7, 11) is 0. The zero-order valence-corrected chi connectivity index (χ0v) is 33.7. The van der Waals surface area contributed by atoms with Gasteiger partial charge in [-0.1, -0.05) is 170 Å². The average molecular weight is 801 g/mol. The van der Waals surface area contributed by atoms with E-state index in [4.69, 9.17) is 21.4 Å². The van der Waals surface area contributed by atoms with E-state index in [-0.39, 0.29) is 0 Å². The fourth-order valence-corrected chi connectivity index (χ4v) is 7.56. The van der Waals surface area contributed by atoms with Crippen molar-refractivity contribution >= 4 is 77.1 Å². The van der Waals surface area contributed by atoms with Crippen molar-refractivity contribution in [1.82, 2.24) is 9.97 Å². The molecule has 6 nitrogen and oxygen atoms in total. The highest BCUT2D eigenvalue weighted by Crippen LogP contribution is 2.33. The van der Waals surface area contributed by atoms with Gasteiger partial charge >= 0.3 is 0 Å².